The lowest BCUT2D eigenvalue weighted by atomic mass is 10.0. The molecule has 1 aromatic rings. The summed E-state index contributed by atoms with van der Waals surface area (Å²) < 4.78 is 18.9. The Morgan fingerprint density at radius 2 is 2.04 bits per heavy atom. The number of hydrogen-bond donors (Lipinski definition) is 3. The Morgan fingerprint density at radius 3 is 2.58 bits per heavy atom. The van der Waals surface area contributed by atoms with Crippen molar-refractivity contribution in [1.82, 2.24) is 10.6 Å². The van der Waals surface area contributed by atoms with Gasteiger partial charge < -0.3 is 20.5 Å². The van der Waals surface area contributed by atoms with Gasteiger partial charge in [0.05, 0.1) is 13.2 Å². The Kier molecular flexibility index (Phi) is 13.4. The van der Waals surface area contributed by atoms with Gasteiger partial charge in [-0.3, -0.25) is 4.99 Å². The van der Waals surface area contributed by atoms with Crippen LogP contribution in [0.1, 0.15) is 51.6 Å². The molecule has 0 saturated heterocycles. The van der Waals surface area contributed by atoms with E-state index in [0.29, 0.717) is 18.4 Å². The van der Waals surface area contributed by atoms with Crippen LogP contribution in [-0.4, -0.2) is 37.9 Å². The van der Waals surface area contributed by atoms with Gasteiger partial charge in [-0.1, -0.05) is 19.4 Å². The van der Waals surface area contributed by atoms with Gasteiger partial charge in [-0.25, -0.2) is 4.39 Å². The number of halogens is 2. The number of aliphatic hydroxyl groups excluding tert-OH is 1. The molecule has 2 atom stereocenters. The van der Waals surface area contributed by atoms with Crippen LogP contribution in [0.2, 0.25) is 0 Å². The summed E-state index contributed by atoms with van der Waals surface area (Å²) in [6, 6.07) is 4.85. The van der Waals surface area contributed by atoms with Crippen LogP contribution in [0.5, 0.6) is 5.75 Å². The molecule has 0 bridgehead atoms. The summed E-state index contributed by atoms with van der Waals surface area (Å²) in [5.74, 6) is 0.939. The molecule has 5 nitrogen and oxygen atoms in total. The van der Waals surface area contributed by atoms with Crippen LogP contribution in [0.15, 0.2) is 23.2 Å². The fourth-order valence-electron chi connectivity index (χ4n) is 2.70. The van der Waals surface area contributed by atoms with Crippen molar-refractivity contribution in [1.29, 1.82) is 0 Å². The van der Waals surface area contributed by atoms with E-state index in [9.17, 15) is 4.39 Å². The smallest absolute Gasteiger partial charge is 0.191 e. The number of guanidine groups is 1. The van der Waals surface area contributed by atoms with E-state index < -0.39 is 0 Å². The highest BCUT2D eigenvalue weighted by Gasteiger charge is 2.12. The first-order valence-corrected chi connectivity index (χ1v) is 9.04. The molecular formula is C19H33FIN3O2. The number of nitrogens with zero attached hydrogens (tertiary/aromatic N) is 1. The molecule has 1 aromatic carbocycles. The molecule has 150 valence electrons. The highest BCUT2D eigenvalue weighted by molar-refractivity contribution is 14.0. The zero-order chi connectivity index (χ0) is 18.7. The Bertz CT molecular complexity index is 538. The van der Waals surface area contributed by atoms with Gasteiger partial charge in [-0.2, -0.15) is 0 Å². The van der Waals surface area contributed by atoms with Crippen molar-refractivity contribution in [3.05, 3.63) is 29.6 Å². The van der Waals surface area contributed by atoms with Crippen molar-refractivity contribution in [2.75, 3.05) is 26.8 Å². The first-order valence-electron chi connectivity index (χ1n) is 9.04. The second-order valence-electron chi connectivity index (χ2n) is 6.15. The largest absolute Gasteiger partial charge is 0.494 e. The van der Waals surface area contributed by atoms with Crippen LogP contribution in [-0.2, 0) is 0 Å². The number of benzene rings is 1. The van der Waals surface area contributed by atoms with Crippen LogP contribution < -0.4 is 15.4 Å². The van der Waals surface area contributed by atoms with Gasteiger partial charge >= 0.3 is 0 Å². The van der Waals surface area contributed by atoms with E-state index in [2.05, 4.69) is 22.5 Å². The van der Waals surface area contributed by atoms with Crippen molar-refractivity contribution in [3.8, 4) is 5.75 Å². The van der Waals surface area contributed by atoms with Crippen LogP contribution in [0, 0.1) is 11.7 Å². The Morgan fingerprint density at radius 1 is 1.31 bits per heavy atom. The molecule has 0 aliphatic heterocycles. The molecule has 0 fully saturated rings. The second-order valence-corrected chi connectivity index (χ2v) is 6.15. The first kappa shape index (κ1) is 24.9. The summed E-state index contributed by atoms with van der Waals surface area (Å²) >= 11 is 0. The Hall–Kier alpha value is -1.09. The molecule has 7 heteroatoms. The molecule has 0 radical (unpaired) electrons. The maximum atomic E-state index is 13.9. The maximum Gasteiger partial charge on any atom is 0.191 e. The molecule has 0 heterocycles. The van der Waals surface area contributed by atoms with Gasteiger partial charge in [0.15, 0.2) is 17.5 Å². The van der Waals surface area contributed by atoms with E-state index in [1.807, 2.05) is 19.9 Å². The van der Waals surface area contributed by atoms with Gasteiger partial charge in [0.1, 0.15) is 0 Å². The first-order chi connectivity index (χ1) is 12.0. The van der Waals surface area contributed by atoms with Crippen molar-refractivity contribution < 1.29 is 14.2 Å². The normalized spacial score (nSPS) is 13.5. The van der Waals surface area contributed by atoms with Gasteiger partial charge in [-0.15, -0.1) is 24.0 Å². The SMILES string of the molecule is CCCC(CCO)CN=C(NCC)NC(C)c1ccc(OC)c(F)c1.I. The lowest BCUT2D eigenvalue weighted by Crippen LogP contribution is -2.39. The van der Waals surface area contributed by atoms with Crippen molar-refractivity contribution in [2.45, 2.75) is 46.1 Å². The summed E-state index contributed by atoms with van der Waals surface area (Å²) in [4.78, 5) is 4.64. The number of nitrogens with one attached hydrogen (secondary N) is 2. The molecule has 0 aliphatic carbocycles. The summed E-state index contributed by atoms with van der Waals surface area (Å²) in [6.45, 7) is 7.70. The summed E-state index contributed by atoms with van der Waals surface area (Å²) in [5.41, 5.74) is 0.823. The number of methoxy groups -OCH3 is 1. The van der Waals surface area contributed by atoms with Crippen LogP contribution in [0.4, 0.5) is 4.39 Å². The molecule has 0 aliphatic rings. The van der Waals surface area contributed by atoms with Gasteiger partial charge in [0, 0.05) is 19.7 Å². The quantitative estimate of drug-likeness (QED) is 0.270. The van der Waals surface area contributed by atoms with Gasteiger partial charge in [-0.05, 0) is 50.3 Å². The predicted molar refractivity (Wildman–Crippen MR) is 116 cm³/mol. The van der Waals surface area contributed by atoms with Gasteiger partial charge in [0.2, 0.25) is 0 Å². The van der Waals surface area contributed by atoms with E-state index in [4.69, 9.17) is 9.84 Å². The third-order valence-corrected chi connectivity index (χ3v) is 4.12. The fraction of sp³-hybridized carbons (Fsp3) is 0.632. The number of aliphatic hydroxyl groups is 1. The average Bonchev–Trinajstić information content (AvgIpc) is 2.59. The van der Waals surface area contributed by atoms with E-state index >= 15 is 0 Å². The Labute approximate surface area is 173 Å². The molecule has 0 aromatic heterocycles. The molecule has 0 amide bonds. The molecule has 3 N–H and O–H groups in total. The summed E-state index contributed by atoms with van der Waals surface area (Å²) in [5, 5.41) is 15.7. The van der Waals surface area contributed by atoms with E-state index in [0.717, 1.165) is 31.4 Å². The molecule has 26 heavy (non-hydrogen) atoms. The molecular weight excluding hydrogens is 448 g/mol. The lowest BCUT2D eigenvalue weighted by Gasteiger charge is -2.20. The monoisotopic (exact) mass is 481 g/mol. The predicted octanol–water partition coefficient (Wildman–Crippen LogP) is 3.87. The van der Waals surface area contributed by atoms with Crippen molar-refractivity contribution >= 4 is 29.9 Å². The summed E-state index contributed by atoms with van der Waals surface area (Å²) in [7, 11) is 1.45. The third-order valence-electron chi connectivity index (χ3n) is 4.12. The minimum atomic E-state index is -0.374. The number of ether oxygens (including phenoxy) is 1. The average molecular weight is 481 g/mol. The maximum absolute atomic E-state index is 13.9. The molecule has 1 rings (SSSR count). The van der Waals surface area contributed by atoms with Crippen molar-refractivity contribution in [2.24, 2.45) is 10.9 Å². The summed E-state index contributed by atoms with van der Waals surface area (Å²) in [6.07, 6.45) is 2.88. The van der Waals surface area contributed by atoms with E-state index in [-0.39, 0.29) is 48.2 Å². The molecule has 2 unspecified atom stereocenters. The molecule has 0 spiro atoms. The topological polar surface area (TPSA) is 65.9 Å². The highest BCUT2D eigenvalue weighted by Crippen LogP contribution is 2.21. The fourth-order valence-corrected chi connectivity index (χ4v) is 2.70. The third kappa shape index (κ3) is 8.53. The number of rotatable bonds is 10. The zero-order valence-corrected chi connectivity index (χ0v) is 18.5. The minimum absolute atomic E-state index is 0. The van der Waals surface area contributed by atoms with Crippen LogP contribution in [0.3, 0.4) is 0 Å². The number of hydrogen-bond acceptors (Lipinski definition) is 3. The van der Waals surface area contributed by atoms with E-state index in [1.165, 1.54) is 13.2 Å². The highest BCUT2D eigenvalue weighted by atomic mass is 127. The van der Waals surface area contributed by atoms with Crippen LogP contribution >= 0.6 is 24.0 Å². The number of aliphatic imine (C=N–C) groups is 1. The molecule has 0 saturated carbocycles. The van der Waals surface area contributed by atoms with Gasteiger partial charge in [0.25, 0.3) is 0 Å². The van der Waals surface area contributed by atoms with Crippen LogP contribution in [0.25, 0.3) is 0 Å². The zero-order valence-electron chi connectivity index (χ0n) is 16.2. The van der Waals surface area contributed by atoms with E-state index in [1.54, 1.807) is 6.07 Å². The van der Waals surface area contributed by atoms with Crippen molar-refractivity contribution in [3.63, 3.8) is 0 Å². The standard InChI is InChI=1S/C19H32FN3O2.HI/c1-5-7-15(10-11-24)13-22-19(21-6-2)23-14(3)16-8-9-18(25-4)17(20)12-16;/h8-9,12,14-15,24H,5-7,10-11,13H2,1-4H3,(H2,21,22,23);1H. The Balaban J connectivity index is 0.00000625. The lowest BCUT2D eigenvalue weighted by molar-refractivity contribution is 0.253. The minimum Gasteiger partial charge on any atom is -0.494 e. The second kappa shape index (κ2) is 14.0.